The van der Waals surface area contributed by atoms with E-state index in [1.807, 2.05) is 0 Å². The lowest BCUT2D eigenvalue weighted by Crippen LogP contribution is -2.38. The van der Waals surface area contributed by atoms with Crippen molar-refractivity contribution >= 4 is 17.2 Å². The van der Waals surface area contributed by atoms with E-state index in [1.54, 1.807) is 11.3 Å². The summed E-state index contributed by atoms with van der Waals surface area (Å²) >= 11 is 1.71. The summed E-state index contributed by atoms with van der Waals surface area (Å²) in [6, 6.07) is 2.15. The van der Waals surface area contributed by atoms with Crippen LogP contribution in [0.5, 0.6) is 0 Å². The standard InChI is InChI=1S/C17H26N2OS/c1-3-6-14-16(20)19(12-17(2)8-4-5-9-17)15(18-14)13-7-10-21-11-13/h7,10-11,14-15,18H,3-6,8-9,12H2,1-2H3. The Morgan fingerprint density at radius 2 is 2.19 bits per heavy atom. The van der Waals surface area contributed by atoms with Gasteiger partial charge in [-0.05, 0) is 47.1 Å². The molecule has 1 aromatic heterocycles. The van der Waals surface area contributed by atoms with Crippen molar-refractivity contribution in [3.05, 3.63) is 22.4 Å². The largest absolute Gasteiger partial charge is 0.321 e. The van der Waals surface area contributed by atoms with Crippen molar-refractivity contribution in [1.82, 2.24) is 10.2 Å². The normalized spacial score (nSPS) is 28.5. The molecule has 116 valence electrons. The fourth-order valence-corrected chi connectivity index (χ4v) is 4.53. The van der Waals surface area contributed by atoms with Crippen molar-refractivity contribution in [1.29, 1.82) is 0 Å². The SMILES string of the molecule is CCCC1NC(c2ccsc2)N(CC2(C)CCCC2)C1=O. The second-order valence-corrected chi connectivity index (χ2v) is 7.73. The van der Waals surface area contributed by atoms with Crippen molar-refractivity contribution in [2.24, 2.45) is 5.41 Å². The summed E-state index contributed by atoms with van der Waals surface area (Å²) < 4.78 is 0. The van der Waals surface area contributed by atoms with E-state index in [2.05, 4.69) is 40.9 Å². The summed E-state index contributed by atoms with van der Waals surface area (Å²) in [5, 5.41) is 7.84. The molecule has 0 bridgehead atoms. The van der Waals surface area contributed by atoms with E-state index in [-0.39, 0.29) is 12.2 Å². The third-order valence-corrected chi connectivity index (χ3v) is 5.75. The first-order valence-electron chi connectivity index (χ1n) is 8.21. The molecule has 3 rings (SSSR count). The fourth-order valence-electron chi connectivity index (χ4n) is 3.85. The molecule has 1 aromatic rings. The van der Waals surface area contributed by atoms with E-state index in [0.717, 1.165) is 19.4 Å². The van der Waals surface area contributed by atoms with Crippen molar-refractivity contribution in [3.8, 4) is 0 Å². The van der Waals surface area contributed by atoms with Crippen LogP contribution in [0.2, 0.25) is 0 Å². The minimum absolute atomic E-state index is 0.00454. The third-order valence-electron chi connectivity index (χ3n) is 5.05. The highest BCUT2D eigenvalue weighted by Gasteiger charge is 2.43. The molecule has 0 aromatic carbocycles. The lowest BCUT2D eigenvalue weighted by atomic mass is 9.88. The van der Waals surface area contributed by atoms with Crippen LogP contribution in [0.25, 0.3) is 0 Å². The molecule has 2 heterocycles. The molecule has 2 aliphatic rings. The Morgan fingerprint density at radius 3 is 2.81 bits per heavy atom. The Hall–Kier alpha value is -0.870. The lowest BCUT2D eigenvalue weighted by Gasteiger charge is -2.33. The number of hydrogen-bond acceptors (Lipinski definition) is 3. The van der Waals surface area contributed by atoms with Crippen LogP contribution < -0.4 is 5.32 Å². The molecule has 0 radical (unpaired) electrons. The number of nitrogens with zero attached hydrogens (tertiary/aromatic N) is 1. The van der Waals surface area contributed by atoms with Gasteiger partial charge < -0.3 is 4.90 Å². The number of carbonyl (C=O) groups is 1. The second-order valence-electron chi connectivity index (χ2n) is 6.95. The van der Waals surface area contributed by atoms with Crippen LogP contribution in [0, 0.1) is 5.41 Å². The molecule has 21 heavy (non-hydrogen) atoms. The molecule has 1 amide bonds. The molecular formula is C17H26N2OS. The fraction of sp³-hybridized carbons (Fsp3) is 0.706. The number of thiophene rings is 1. The highest BCUT2D eigenvalue weighted by molar-refractivity contribution is 7.07. The van der Waals surface area contributed by atoms with Gasteiger partial charge in [-0.2, -0.15) is 11.3 Å². The van der Waals surface area contributed by atoms with Crippen molar-refractivity contribution in [2.45, 2.75) is 64.6 Å². The Bertz CT molecular complexity index is 479. The van der Waals surface area contributed by atoms with Gasteiger partial charge in [0.15, 0.2) is 0 Å². The number of nitrogens with one attached hydrogen (secondary N) is 1. The highest BCUT2D eigenvalue weighted by Crippen LogP contribution is 2.41. The summed E-state index contributed by atoms with van der Waals surface area (Å²) in [7, 11) is 0. The van der Waals surface area contributed by atoms with E-state index in [4.69, 9.17) is 0 Å². The average Bonchev–Trinajstić information content (AvgIpc) is 3.17. The maximum absolute atomic E-state index is 12.8. The van der Waals surface area contributed by atoms with Crippen LogP contribution >= 0.6 is 11.3 Å². The minimum atomic E-state index is 0.00454. The van der Waals surface area contributed by atoms with Crippen molar-refractivity contribution in [3.63, 3.8) is 0 Å². The quantitative estimate of drug-likeness (QED) is 0.894. The first kappa shape index (κ1) is 15.0. The maximum Gasteiger partial charge on any atom is 0.241 e. The number of rotatable bonds is 5. The van der Waals surface area contributed by atoms with Crippen LogP contribution in [-0.2, 0) is 4.79 Å². The van der Waals surface area contributed by atoms with Gasteiger partial charge in [0, 0.05) is 6.54 Å². The first-order chi connectivity index (χ1) is 10.1. The molecule has 2 unspecified atom stereocenters. The Kier molecular flexibility index (Phi) is 4.36. The molecule has 1 aliphatic carbocycles. The number of hydrogen-bond donors (Lipinski definition) is 1. The van der Waals surface area contributed by atoms with Crippen LogP contribution in [-0.4, -0.2) is 23.4 Å². The minimum Gasteiger partial charge on any atom is -0.321 e. The van der Waals surface area contributed by atoms with Crippen LogP contribution in [0.3, 0.4) is 0 Å². The average molecular weight is 306 g/mol. The van der Waals surface area contributed by atoms with Crippen molar-refractivity contribution in [2.75, 3.05) is 6.54 Å². The Balaban J connectivity index is 1.81. The molecule has 2 fully saturated rings. The molecule has 3 nitrogen and oxygen atoms in total. The van der Waals surface area contributed by atoms with Gasteiger partial charge >= 0.3 is 0 Å². The predicted octanol–water partition coefficient (Wildman–Crippen LogP) is 3.93. The van der Waals surface area contributed by atoms with Gasteiger partial charge in [0.05, 0.1) is 6.04 Å². The highest BCUT2D eigenvalue weighted by atomic mass is 32.1. The molecule has 1 aliphatic heterocycles. The molecule has 4 heteroatoms. The second kappa shape index (κ2) is 6.09. The number of amides is 1. The van der Waals surface area contributed by atoms with E-state index in [1.165, 1.54) is 31.2 Å². The summed E-state index contributed by atoms with van der Waals surface area (Å²) in [6.07, 6.45) is 7.20. The Morgan fingerprint density at radius 1 is 1.43 bits per heavy atom. The van der Waals surface area contributed by atoms with E-state index >= 15 is 0 Å². The van der Waals surface area contributed by atoms with Gasteiger partial charge in [0.1, 0.15) is 6.17 Å². The molecular weight excluding hydrogens is 280 g/mol. The molecule has 2 atom stereocenters. The van der Waals surface area contributed by atoms with Gasteiger partial charge in [-0.25, -0.2) is 0 Å². The first-order valence-corrected chi connectivity index (χ1v) is 9.16. The summed E-state index contributed by atoms with van der Waals surface area (Å²) in [5.74, 6) is 0.307. The van der Waals surface area contributed by atoms with Crippen LogP contribution in [0.4, 0.5) is 0 Å². The van der Waals surface area contributed by atoms with Crippen LogP contribution in [0.1, 0.15) is 64.1 Å². The summed E-state index contributed by atoms with van der Waals surface area (Å²) in [5.41, 5.74) is 1.56. The Labute approximate surface area is 131 Å². The number of carbonyl (C=O) groups excluding carboxylic acids is 1. The summed E-state index contributed by atoms with van der Waals surface area (Å²) in [4.78, 5) is 14.9. The zero-order valence-corrected chi connectivity index (χ0v) is 13.9. The lowest BCUT2D eigenvalue weighted by molar-refractivity contribution is -0.131. The smallest absolute Gasteiger partial charge is 0.241 e. The topological polar surface area (TPSA) is 32.3 Å². The van der Waals surface area contributed by atoms with Gasteiger partial charge in [0.25, 0.3) is 0 Å². The van der Waals surface area contributed by atoms with Gasteiger partial charge in [-0.1, -0.05) is 33.1 Å². The zero-order valence-electron chi connectivity index (χ0n) is 13.1. The van der Waals surface area contributed by atoms with Crippen molar-refractivity contribution < 1.29 is 4.79 Å². The van der Waals surface area contributed by atoms with E-state index < -0.39 is 0 Å². The maximum atomic E-state index is 12.8. The monoisotopic (exact) mass is 306 g/mol. The third kappa shape index (κ3) is 3.02. The molecule has 1 saturated heterocycles. The van der Waals surface area contributed by atoms with Gasteiger partial charge in [-0.15, -0.1) is 0 Å². The summed E-state index contributed by atoms with van der Waals surface area (Å²) in [6.45, 7) is 5.40. The van der Waals surface area contributed by atoms with E-state index in [0.29, 0.717) is 11.3 Å². The molecule has 1 N–H and O–H groups in total. The molecule has 0 spiro atoms. The van der Waals surface area contributed by atoms with Gasteiger partial charge in [-0.3, -0.25) is 10.1 Å². The zero-order chi connectivity index (χ0) is 14.9. The van der Waals surface area contributed by atoms with Crippen LogP contribution in [0.15, 0.2) is 16.8 Å². The van der Waals surface area contributed by atoms with Gasteiger partial charge in [0.2, 0.25) is 5.91 Å². The predicted molar refractivity (Wildman–Crippen MR) is 87.2 cm³/mol. The van der Waals surface area contributed by atoms with E-state index in [9.17, 15) is 4.79 Å². The molecule has 1 saturated carbocycles.